The fourth-order valence-electron chi connectivity index (χ4n) is 4.04. The zero-order valence-electron chi connectivity index (χ0n) is 19.6. The van der Waals surface area contributed by atoms with Crippen LogP contribution in [0.3, 0.4) is 0 Å². The fourth-order valence-corrected chi connectivity index (χ4v) is 4.04. The number of aliphatic hydroxyl groups excluding tert-OH is 1. The van der Waals surface area contributed by atoms with Gasteiger partial charge in [0.05, 0.1) is 31.0 Å². The van der Waals surface area contributed by atoms with Gasteiger partial charge in [0.1, 0.15) is 12.9 Å². The molecule has 10 nitrogen and oxygen atoms in total. The van der Waals surface area contributed by atoms with Crippen LogP contribution in [0.15, 0.2) is 67.3 Å². The Labute approximate surface area is 207 Å². The van der Waals surface area contributed by atoms with Crippen molar-refractivity contribution in [2.45, 2.75) is 19.1 Å². The molecule has 0 saturated heterocycles. The Bertz CT molecular complexity index is 1250. The number of aliphatic hydroxyl groups is 1. The summed E-state index contributed by atoms with van der Waals surface area (Å²) in [5.74, 6) is 0.107. The minimum Gasteiger partial charge on any atom is -0.493 e. The van der Waals surface area contributed by atoms with Gasteiger partial charge in [0.15, 0.2) is 11.5 Å². The van der Waals surface area contributed by atoms with Crippen molar-refractivity contribution in [2.75, 3.05) is 25.6 Å². The number of amides is 2. The Balaban J connectivity index is 1.64. The van der Waals surface area contributed by atoms with Crippen molar-refractivity contribution < 1.29 is 29.3 Å². The highest BCUT2D eigenvalue weighted by Gasteiger charge is 2.30. The molecule has 10 heteroatoms. The van der Waals surface area contributed by atoms with E-state index in [4.69, 9.17) is 9.47 Å². The number of methoxy groups -OCH3 is 1. The van der Waals surface area contributed by atoms with E-state index in [0.29, 0.717) is 13.0 Å². The number of carboxylic acid groups (broad SMARTS) is 1. The van der Waals surface area contributed by atoms with E-state index >= 15 is 0 Å². The molecule has 4 rings (SSSR count). The van der Waals surface area contributed by atoms with Crippen LogP contribution in [0.1, 0.15) is 27.9 Å². The monoisotopic (exact) mass is 490 g/mol. The second-order valence-corrected chi connectivity index (χ2v) is 8.07. The molecule has 2 amide bonds. The standard InChI is InChI=1S/C26H26N4O6/c1-35-23-10-21(22(29-26(33)34)11-24(23)36-15-17-5-3-2-4-6-17)25(32)30-8-7-18(9-20(30)14-31)19-12-27-16-28-13-19/h2-6,9-13,16,20,29,31H,7-8,14-15H2,1H3,(H,33,34)/t20-/m0/s1. The predicted molar refractivity (Wildman–Crippen MR) is 132 cm³/mol. The minimum absolute atomic E-state index is 0.0549. The third-order valence-corrected chi connectivity index (χ3v) is 5.81. The SMILES string of the molecule is COc1cc(C(=O)N2CCC(c3cncnc3)=C[C@H]2CO)c(NC(=O)O)cc1OCc1ccccc1. The molecule has 1 aliphatic rings. The smallest absolute Gasteiger partial charge is 0.409 e. The molecule has 1 atom stereocenters. The Hall–Kier alpha value is -4.44. The van der Waals surface area contributed by atoms with Gasteiger partial charge in [-0.15, -0.1) is 0 Å². The van der Waals surface area contributed by atoms with E-state index in [2.05, 4.69) is 15.3 Å². The molecular weight excluding hydrogens is 464 g/mol. The molecule has 36 heavy (non-hydrogen) atoms. The zero-order chi connectivity index (χ0) is 25.5. The lowest BCUT2D eigenvalue weighted by molar-refractivity contribution is 0.0648. The van der Waals surface area contributed by atoms with Gasteiger partial charge in [-0.1, -0.05) is 36.4 Å². The predicted octanol–water partition coefficient (Wildman–Crippen LogP) is 3.44. The summed E-state index contributed by atoms with van der Waals surface area (Å²) >= 11 is 0. The Morgan fingerprint density at radius 1 is 1.14 bits per heavy atom. The van der Waals surface area contributed by atoms with E-state index in [0.717, 1.165) is 16.7 Å². The van der Waals surface area contributed by atoms with Crippen LogP contribution in [0.25, 0.3) is 5.57 Å². The number of rotatable bonds is 8. The minimum atomic E-state index is -1.33. The Morgan fingerprint density at radius 2 is 1.89 bits per heavy atom. The molecule has 1 aromatic heterocycles. The van der Waals surface area contributed by atoms with E-state index in [1.807, 2.05) is 30.3 Å². The number of ether oxygens (including phenoxy) is 2. The summed E-state index contributed by atoms with van der Waals surface area (Å²) in [6.07, 6.45) is 5.79. The molecule has 1 aliphatic heterocycles. The van der Waals surface area contributed by atoms with E-state index in [1.54, 1.807) is 18.5 Å². The molecule has 0 fully saturated rings. The third-order valence-electron chi connectivity index (χ3n) is 5.81. The van der Waals surface area contributed by atoms with E-state index in [1.165, 1.54) is 30.5 Å². The summed E-state index contributed by atoms with van der Waals surface area (Å²) in [6, 6.07) is 11.7. The van der Waals surface area contributed by atoms with Crippen LogP contribution >= 0.6 is 0 Å². The molecule has 0 unspecified atom stereocenters. The molecule has 2 heterocycles. The number of benzene rings is 2. The molecule has 3 N–H and O–H groups in total. The van der Waals surface area contributed by atoms with Gasteiger partial charge in [-0.25, -0.2) is 14.8 Å². The lowest BCUT2D eigenvalue weighted by atomic mass is 9.97. The van der Waals surface area contributed by atoms with Crippen molar-refractivity contribution in [2.24, 2.45) is 0 Å². The number of nitrogens with one attached hydrogen (secondary N) is 1. The van der Waals surface area contributed by atoms with Gasteiger partial charge < -0.3 is 24.6 Å². The van der Waals surface area contributed by atoms with Crippen molar-refractivity contribution in [3.63, 3.8) is 0 Å². The van der Waals surface area contributed by atoms with Gasteiger partial charge in [0.2, 0.25) is 0 Å². The number of carbonyl (C=O) groups is 2. The molecule has 0 saturated carbocycles. The van der Waals surface area contributed by atoms with Crippen LogP contribution in [0.2, 0.25) is 0 Å². The lowest BCUT2D eigenvalue weighted by Crippen LogP contribution is -2.44. The highest BCUT2D eigenvalue weighted by Crippen LogP contribution is 2.36. The third kappa shape index (κ3) is 5.61. The van der Waals surface area contributed by atoms with Crippen LogP contribution in [-0.2, 0) is 6.61 Å². The second kappa shape index (κ2) is 11.3. The lowest BCUT2D eigenvalue weighted by Gasteiger charge is -2.34. The van der Waals surface area contributed by atoms with Gasteiger partial charge >= 0.3 is 6.09 Å². The molecule has 2 aromatic carbocycles. The summed E-state index contributed by atoms with van der Waals surface area (Å²) < 4.78 is 11.3. The topological polar surface area (TPSA) is 134 Å². The number of hydrogen-bond donors (Lipinski definition) is 3. The molecule has 0 bridgehead atoms. The Morgan fingerprint density at radius 3 is 2.56 bits per heavy atom. The van der Waals surface area contributed by atoms with Crippen LogP contribution < -0.4 is 14.8 Å². The van der Waals surface area contributed by atoms with Crippen molar-refractivity contribution in [1.29, 1.82) is 0 Å². The maximum absolute atomic E-state index is 13.6. The number of aromatic nitrogens is 2. The van der Waals surface area contributed by atoms with Crippen molar-refractivity contribution in [3.05, 3.63) is 84.0 Å². The number of anilines is 1. The highest BCUT2D eigenvalue weighted by atomic mass is 16.5. The first-order chi connectivity index (χ1) is 17.5. The average molecular weight is 491 g/mol. The molecule has 3 aromatic rings. The number of hydrogen-bond acceptors (Lipinski definition) is 7. The second-order valence-electron chi connectivity index (χ2n) is 8.07. The van der Waals surface area contributed by atoms with Crippen LogP contribution in [0, 0.1) is 0 Å². The molecule has 186 valence electrons. The first-order valence-corrected chi connectivity index (χ1v) is 11.3. The molecule has 0 radical (unpaired) electrons. The number of carbonyl (C=O) groups excluding carboxylic acids is 1. The first kappa shape index (κ1) is 24.7. The van der Waals surface area contributed by atoms with Crippen LogP contribution in [0.4, 0.5) is 10.5 Å². The van der Waals surface area contributed by atoms with E-state index in [-0.39, 0.29) is 36.0 Å². The highest BCUT2D eigenvalue weighted by molar-refractivity contribution is 6.04. The van der Waals surface area contributed by atoms with Crippen LogP contribution in [-0.4, -0.2) is 63.4 Å². The fraction of sp³-hybridized carbons (Fsp3) is 0.231. The molecule has 0 aliphatic carbocycles. The summed E-state index contributed by atoms with van der Waals surface area (Å²) in [6.45, 7) is 0.235. The maximum atomic E-state index is 13.6. The van der Waals surface area contributed by atoms with Gasteiger partial charge in [0.25, 0.3) is 5.91 Å². The summed E-state index contributed by atoms with van der Waals surface area (Å²) in [5.41, 5.74) is 2.79. The van der Waals surface area contributed by atoms with E-state index in [9.17, 15) is 19.8 Å². The van der Waals surface area contributed by atoms with Crippen molar-refractivity contribution in [3.8, 4) is 11.5 Å². The van der Waals surface area contributed by atoms with Crippen molar-refractivity contribution in [1.82, 2.24) is 14.9 Å². The normalized spacial score (nSPS) is 15.1. The van der Waals surface area contributed by atoms with Gasteiger partial charge in [-0.3, -0.25) is 10.1 Å². The molecular formula is C26H26N4O6. The maximum Gasteiger partial charge on any atom is 0.409 e. The summed E-state index contributed by atoms with van der Waals surface area (Å²) in [5, 5.41) is 21.7. The summed E-state index contributed by atoms with van der Waals surface area (Å²) in [4.78, 5) is 34.7. The largest absolute Gasteiger partial charge is 0.493 e. The molecule has 0 spiro atoms. The van der Waals surface area contributed by atoms with Gasteiger partial charge in [-0.2, -0.15) is 0 Å². The average Bonchev–Trinajstić information content (AvgIpc) is 2.92. The Kier molecular flexibility index (Phi) is 7.76. The number of nitrogens with zero attached hydrogens (tertiary/aromatic N) is 3. The quantitative estimate of drug-likeness (QED) is 0.437. The first-order valence-electron chi connectivity index (χ1n) is 11.3. The van der Waals surface area contributed by atoms with Gasteiger partial charge in [-0.05, 0) is 23.6 Å². The summed E-state index contributed by atoms with van der Waals surface area (Å²) in [7, 11) is 1.44. The van der Waals surface area contributed by atoms with Crippen LogP contribution in [0.5, 0.6) is 11.5 Å². The van der Waals surface area contributed by atoms with E-state index < -0.39 is 18.0 Å². The van der Waals surface area contributed by atoms with Crippen molar-refractivity contribution >= 4 is 23.3 Å². The van der Waals surface area contributed by atoms with Gasteiger partial charge in [0, 0.05) is 30.6 Å². The zero-order valence-corrected chi connectivity index (χ0v) is 19.6.